The Hall–Kier alpha value is 0.200. The smallest absolute Gasteiger partial charge is 0.488 e. The van der Waals surface area contributed by atoms with Crippen molar-refractivity contribution >= 4 is 21.9 Å². The molecule has 2 rings (SSSR count). The minimum Gasteiger partial charge on any atom is -0.566 e. The molecule has 0 saturated heterocycles. The average Bonchev–Trinajstić information content (AvgIpc) is 2.87. The SMILES string of the molecule is C=P(C)(OC[C@@]1(C)C[C@@H](C)C(O[P+](=O)[O-])C1(C)C)O[C@@H]1C(C)(C)[C@H](C)C[C@]1(C)CO. The molecule has 0 aromatic rings. The molecule has 1 N–H and O–H groups in total. The van der Waals surface area contributed by atoms with E-state index in [0.717, 1.165) is 12.8 Å². The monoisotopic (exact) mass is 464 g/mol. The lowest BCUT2D eigenvalue weighted by molar-refractivity contribution is -0.195. The Morgan fingerprint density at radius 3 is 2.23 bits per heavy atom. The zero-order chi connectivity index (χ0) is 23.3. The maximum atomic E-state index is 11.2. The maximum absolute atomic E-state index is 11.2. The fraction of sp³-hybridized carbons (Fsp3) is 0.955. The lowest BCUT2D eigenvalue weighted by Crippen LogP contribution is -2.42. The van der Waals surface area contributed by atoms with Gasteiger partial charge in [0.05, 0.1) is 19.3 Å². The third-order valence-electron chi connectivity index (χ3n) is 8.45. The fourth-order valence-electron chi connectivity index (χ4n) is 5.88. The summed E-state index contributed by atoms with van der Waals surface area (Å²) >= 11 is 0. The van der Waals surface area contributed by atoms with Crippen molar-refractivity contribution in [2.24, 2.45) is 33.5 Å². The molecule has 8 atom stereocenters. The summed E-state index contributed by atoms with van der Waals surface area (Å²) in [6.07, 6.45) is 5.48. The maximum Gasteiger partial charge on any atom is 0.488 e. The van der Waals surface area contributed by atoms with E-state index in [1.807, 2.05) is 27.4 Å². The van der Waals surface area contributed by atoms with Crippen molar-refractivity contribution in [2.45, 2.75) is 80.4 Å². The third kappa shape index (κ3) is 4.76. The number of hydrogen-bond acceptors (Lipinski definition) is 6. The summed E-state index contributed by atoms with van der Waals surface area (Å²) in [6, 6.07) is 0. The first-order valence-corrected chi connectivity index (χ1v) is 14.2. The molecule has 2 aliphatic carbocycles. The van der Waals surface area contributed by atoms with Crippen molar-refractivity contribution < 1.29 is 28.1 Å². The van der Waals surface area contributed by atoms with Crippen molar-refractivity contribution in [3.8, 4) is 0 Å². The van der Waals surface area contributed by atoms with Gasteiger partial charge in [0.25, 0.3) is 0 Å². The number of aliphatic hydroxyl groups is 1. The van der Waals surface area contributed by atoms with E-state index in [2.05, 4.69) is 40.9 Å². The first kappa shape index (κ1) is 26.5. The molecule has 0 aromatic heterocycles. The Labute approximate surface area is 184 Å². The van der Waals surface area contributed by atoms with Crippen LogP contribution in [0, 0.1) is 33.5 Å². The van der Waals surface area contributed by atoms with Crippen LogP contribution in [0.4, 0.5) is 0 Å². The molecule has 3 unspecified atom stereocenters. The highest BCUT2D eigenvalue weighted by atomic mass is 31.2. The second kappa shape index (κ2) is 8.52. The Balaban J connectivity index is 2.16. The van der Waals surface area contributed by atoms with Crippen LogP contribution < -0.4 is 4.89 Å². The molecule has 0 aromatic carbocycles. The summed E-state index contributed by atoms with van der Waals surface area (Å²) < 4.78 is 29.5. The van der Waals surface area contributed by atoms with Crippen LogP contribution in [0.5, 0.6) is 0 Å². The standard InChI is InChI=1S/C22H42O6P2/c1-15-11-22(8,20(5,6)17(15)27-29(24)25)14-26-30(9,10)28-18-19(3,4)16(2)12-21(18,7)13-23/h15-18,23H,9,11-14H2,1-8,10H3/t15-,16-,17?,18-,21-,22-,30?/m1/s1. The second-order valence-corrected chi connectivity index (χ2v) is 14.9. The largest absolute Gasteiger partial charge is 0.566 e. The molecule has 176 valence electrons. The molecular formula is C22H42O6P2. The van der Waals surface area contributed by atoms with E-state index in [4.69, 9.17) is 13.6 Å². The van der Waals surface area contributed by atoms with E-state index in [0.29, 0.717) is 12.5 Å². The summed E-state index contributed by atoms with van der Waals surface area (Å²) in [5.41, 5.74) is -1.08. The van der Waals surface area contributed by atoms with Gasteiger partial charge >= 0.3 is 8.25 Å². The van der Waals surface area contributed by atoms with E-state index < -0.39 is 15.6 Å². The van der Waals surface area contributed by atoms with Crippen LogP contribution in [0.2, 0.25) is 0 Å². The van der Waals surface area contributed by atoms with Gasteiger partial charge < -0.3 is 19.0 Å². The average molecular weight is 465 g/mol. The van der Waals surface area contributed by atoms with E-state index >= 15 is 0 Å². The van der Waals surface area contributed by atoms with Crippen LogP contribution in [0.1, 0.15) is 68.2 Å². The summed E-state index contributed by atoms with van der Waals surface area (Å²) in [7, 11) is -5.33. The van der Waals surface area contributed by atoms with Crippen LogP contribution in [0.15, 0.2) is 0 Å². The van der Waals surface area contributed by atoms with Crippen molar-refractivity contribution in [3.05, 3.63) is 0 Å². The van der Waals surface area contributed by atoms with Crippen molar-refractivity contribution in [1.29, 1.82) is 0 Å². The highest BCUT2D eigenvalue weighted by Gasteiger charge is 2.59. The van der Waals surface area contributed by atoms with Gasteiger partial charge in [-0.1, -0.05) is 61.7 Å². The van der Waals surface area contributed by atoms with Crippen LogP contribution in [0.25, 0.3) is 0 Å². The van der Waals surface area contributed by atoms with Crippen LogP contribution in [-0.4, -0.2) is 43.5 Å². The quantitative estimate of drug-likeness (QED) is 0.518. The van der Waals surface area contributed by atoms with Gasteiger partial charge in [-0.15, -0.1) is 4.52 Å². The normalized spacial score (nSPS) is 42.8. The highest BCUT2D eigenvalue weighted by Crippen LogP contribution is 2.62. The molecular weight excluding hydrogens is 422 g/mol. The number of hydrogen-bond donors (Lipinski definition) is 1. The molecule has 0 aliphatic heterocycles. The van der Waals surface area contributed by atoms with Crippen molar-refractivity contribution in [1.82, 2.24) is 0 Å². The zero-order valence-electron chi connectivity index (χ0n) is 20.2. The number of aliphatic hydroxyl groups excluding tert-OH is 1. The lowest BCUT2D eigenvalue weighted by Gasteiger charge is -2.43. The van der Waals surface area contributed by atoms with Gasteiger partial charge in [-0.05, 0) is 40.1 Å². The van der Waals surface area contributed by atoms with Gasteiger partial charge in [-0.2, -0.15) is 0 Å². The summed E-state index contributed by atoms with van der Waals surface area (Å²) in [4.78, 5) is 11.2. The topological polar surface area (TPSA) is 88.1 Å². The first-order valence-electron chi connectivity index (χ1n) is 10.9. The minimum absolute atomic E-state index is 0.0695. The fourth-order valence-corrected chi connectivity index (χ4v) is 8.13. The summed E-state index contributed by atoms with van der Waals surface area (Å²) in [6.45, 7) is 19.4. The van der Waals surface area contributed by atoms with Crippen LogP contribution in [-0.2, 0) is 18.1 Å². The van der Waals surface area contributed by atoms with Crippen molar-refractivity contribution in [2.75, 3.05) is 19.9 Å². The van der Waals surface area contributed by atoms with Gasteiger partial charge in [-0.3, -0.25) is 0 Å². The molecule has 30 heavy (non-hydrogen) atoms. The Morgan fingerprint density at radius 2 is 1.73 bits per heavy atom. The molecule has 8 heteroatoms. The molecule has 6 nitrogen and oxygen atoms in total. The van der Waals surface area contributed by atoms with Gasteiger partial charge in [0.1, 0.15) is 13.4 Å². The summed E-state index contributed by atoms with van der Waals surface area (Å²) in [5, 5.41) is 10.1. The van der Waals surface area contributed by atoms with Gasteiger partial charge in [-0.25, -0.2) is 0 Å². The van der Waals surface area contributed by atoms with Gasteiger partial charge in [0.2, 0.25) is 0 Å². The van der Waals surface area contributed by atoms with E-state index in [-0.39, 0.29) is 46.4 Å². The zero-order valence-corrected chi connectivity index (χ0v) is 22.0. The predicted octanol–water partition coefficient (Wildman–Crippen LogP) is 4.84. The predicted molar refractivity (Wildman–Crippen MR) is 122 cm³/mol. The molecule has 2 saturated carbocycles. The minimum atomic E-state index is -2.90. The van der Waals surface area contributed by atoms with Crippen molar-refractivity contribution in [3.63, 3.8) is 0 Å². The van der Waals surface area contributed by atoms with Crippen LogP contribution >= 0.6 is 15.6 Å². The van der Waals surface area contributed by atoms with E-state index in [1.165, 1.54) is 0 Å². The Kier molecular flexibility index (Phi) is 7.51. The van der Waals surface area contributed by atoms with E-state index in [1.54, 1.807) is 0 Å². The number of rotatable bonds is 8. The molecule has 2 fully saturated rings. The molecule has 0 bridgehead atoms. The molecule has 0 spiro atoms. The van der Waals surface area contributed by atoms with Crippen LogP contribution in [0.3, 0.4) is 0 Å². The third-order valence-corrected chi connectivity index (χ3v) is 10.2. The highest BCUT2D eigenvalue weighted by molar-refractivity contribution is 7.63. The summed E-state index contributed by atoms with van der Waals surface area (Å²) in [5.74, 6) is 0.517. The van der Waals surface area contributed by atoms with Gasteiger partial charge in [0, 0.05) is 17.5 Å². The lowest BCUT2D eigenvalue weighted by atomic mass is 9.69. The molecule has 0 heterocycles. The Bertz CT molecular complexity index is 708. The second-order valence-electron chi connectivity index (χ2n) is 11.7. The van der Waals surface area contributed by atoms with E-state index in [9.17, 15) is 14.6 Å². The Morgan fingerprint density at radius 1 is 1.17 bits per heavy atom. The molecule has 2 aliphatic rings. The molecule has 0 radical (unpaired) electrons. The first-order chi connectivity index (χ1) is 13.4. The molecule has 0 amide bonds. The van der Waals surface area contributed by atoms with Gasteiger partial charge in [0.15, 0.2) is 0 Å².